The van der Waals surface area contributed by atoms with Gasteiger partial charge in [0.2, 0.25) is 0 Å². The van der Waals surface area contributed by atoms with E-state index in [9.17, 15) is 0 Å². The fraction of sp³-hybridized carbons (Fsp3) is 0.167. The van der Waals surface area contributed by atoms with Gasteiger partial charge < -0.3 is 25.8 Å². The summed E-state index contributed by atoms with van der Waals surface area (Å²) in [5.74, 6) is 2.88. The molecule has 0 atom stereocenters. The summed E-state index contributed by atoms with van der Waals surface area (Å²) < 4.78 is 10.6. The van der Waals surface area contributed by atoms with Crippen LogP contribution in [-0.4, -0.2) is 29.2 Å². The third-order valence-corrected chi connectivity index (χ3v) is 3.68. The van der Waals surface area contributed by atoms with Gasteiger partial charge in [0.25, 0.3) is 0 Å². The number of hydrogen-bond acceptors (Lipinski definition) is 8. The molecule has 0 aliphatic rings. The molecule has 3 rings (SSSR count). The summed E-state index contributed by atoms with van der Waals surface area (Å²) in [6.07, 6.45) is 1.42. The zero-order valence-electron chi connectivity index (χ0n) is 14.8. The summed E-state index contributed by atoms with van der Waals surface area (Å²) in [5.41, 5.74) is 8.19. The molecule has 4 N–H and O–H groups in total. The van der Waals surface area contributed by atoms with Gasteiger partial charge >= 0.3 is 0 Å². The molecule has 26 heavy (non-hydrogen) atoms. The minimum atomic E-state index is 0.369. The normalized spacial score (nSPS) is 10.3. The Labute approximate surface area is 151 Å². The van der Waals surface area contributed by atoms with Gasteiger partial charge in [-0.25, -0.2) is 15.0 Å². The van der Waals surface area contributed by atoms with Crippen LogP contribution in [-0.2, 0) is 0 Å². The minimum absolute atomic E-state index is 0.369. The van der Waals surface area contributed by atoms with E-state index in [-0.39, 0.29) is 0 Å². The lowest BCUT2D eigenvalue weighted by Gasteiger charge is -2.15. The van der Waals surface area contributed by atoms with Crippen LogP contribution in [0, 0.1) is 6.92 Å². The van der Waals surface area contributed by atoms with Crippen molar-refractivity contribution in [3.05, 3.63) is 48.4 Å². The number of pyridine rings is 1. The molecule has 2 heterocycles. The Morgan fingerprint density at radius 2 is 1.73 bits per heavy atom. The first-order valence-electron chi connectivity index (χ1n) is 7.91. The lowest BCUT2D eigenvalue weighted by molar-refractivity contribution is 0.395. The lowest BCUT2D eigenvalue weighted by atomic mass is 10.2. The van der Waals surface area contributed by atoms with Crippen LogP contribution in [0.25, 0.3) is 0 Å². The molecule has 0 unspecified atom stereocenters. The summed E-state index contributed by atoms with van der Waals surface area (Å²) in [5, 5.41) is 6.27. The van der Waals surface area contributed by atoms with Crippen LogP contribution >= 0.6 is 0 Å². The van der Waals surface area contributed by atoms with E-state index in [1.807, 2.05) is 37.3 Å². The van der Waals surface area contributed by atoms with E-state index in [4.69, 9.17) is 15.2 Å². The number of benzene rings is 1. The molecule has 1 aromatic carbocycles. The zero-order valence-corrected chi connectivity index (χ0v) is 14.8. The highest BCUT2D eigenvalue weighted by Gasteiger charge is 2.12. The van der Waals surface area contributed by atoms with Crippen LogP contribution in [0.5, 0.6) is 11.5 Å². The van der Waals surface area contributed by atoms with Gasteiger partial charge in [-0.3, -0.25) is 0 Å². The van der Waals surface area contributed by atoms with Gasteiger partial charge in [0.15, 0.2) is 11.6 Å². The van der Waals surface area contributed by atoms with Crippen molar-refractivity contribution in [2.75, 3.05) is 30.6 Å². The molecule has 134 valence electrons. The van der Waals surface area contributed by atoms with Gasteiger partial charge in [-0.2, -0.15) is 0 Å². The average Bonchev–Trinajstić information content (AvgIpc) is 2.65. The Bertz CT molecular complexity index is 916. The number of hydrogen-bond donors (Lipinski definition) is 3. The van der Waals surface area contributed by atoms with E-state index in [0.29, 0.717) is 40.3 Å². The van der Waals surface area contributed by atoms with Crippen molar-refractivity contribution in [2.45, 2.75) is 6.92 Å². The highest BCUT2D eigenvalue weighted by molar-refractivity contribution is 5.81. The van der Waals surface area contributed by atoms with Crippen molar-refractivity contribution < 1.29 is 9.47 Å². The van der Waals surface area contributed by atoms with Crippen LogP contribution in [0.3, 0.4) is 0 Å². The smallest absolute Gasteiger partial charge is 0.160 e. The van der Waals surface area contributed by atoms with Gasteiger partial charge in [-0.05, 0) is 31.2 Å². The molecule has 8 heteroatoms. The Balaban J connectivity index is 1.88. The van der Waals surface area contributed by atoms with Crippen molar-refractivity contribution >= 4 is 28.8 Å². The molecule has 0 saturated carbocycles. The average molecular weight is 352 g/mol. The Hall–Kier alpha value is -3.55. The summed E-state index contributed by atoms with van der Waals surface area (Å²) in [6, 6.07) is 11.1. The van der Waals surface area contributed by atoms with Crippen LogP contribution < -0.4 is 25.8 Å². The van der Waals surface area contributed by atoms with Gasteiger partial charge in [0, 0.05) is 11.8 Å². The number of rotatable bonds is 6. The first kappa shape index (κ1) is 17.3. The first-order chi connectivity index (χ1) is 12.6. The SMILES string of the molecule is COc1ccc(Nc2ncnc(Nc3cccc(C)n3)c2N)c(OC)c1. The molecule has 8 nitrogen and oxygen atoms in total. The van der Waals surface area contributed by atoms with Crippen LogP contribution in [0.15, 0.2) is 42.7 Å². The third kappa shape index (κ3) is 3.75. The Kier molecular flexibility index (Phi) is 5.02. The molecule has 0 spiro atoms. The van der Waals surface area contributed by atoms with Crippen molar-refractivity contribution in [3.63, 3.8) is 0 Å². The number of ether oxygens (including phenoxy) is 2. The van der Waals surface area contributed by atoms with Crippen molar-refractivity contribution in [1.82, 2.24) is 15.0 Å². The molecule has 0 bridgehead atoms. The molecule has 0 aliphatic carbocycles. The predicted octanol–water partition coefficient (Wildman–Crippen LogP) is 3.27. The number of anilines is 5. The third-order valence-electron chi connectivity index (χ3n) is 3.68. The predicted molar refractivity (Wildman–Crippen MR) is 102 cm³/mol. The van der Waals surface area contributed by atoms with E-state index in [2.05, 4.69) is 25.6 Å². The number of aryl methyl sites for hydroxylation is 1. The largest absolute Gasteiger partial charge is 0.497 e. The van der Waals surface area contributed by atoms with E-state index < -0.39 is 0 Å². The molecule has 0 aliphatic heterocycles. The molecule has 0 saturated heterocycles. The van der Waals surface area contributed by atoms with Crippen LogP contribution in [0.2, 0.25) is 0 Å². The standard InChI is InChI=1S/C18H20N6O2/c1-11-5-4-6-15(22-11)24-18-16(19)17(20-10-21-18)23-13-8-7-12(25-2)9-14(13)26-3/h4-10H,19H2,1-3H3,(H2,20,21,22,23,24). The second-order valence-electron chi connectivity index (χ2n) is 5.46. The number of nitrogens with two attached hydrogens (primary N) is 1. The Morgan fingerprint density at radius 3 is 2.42 bits per heavy atom. The monoisotopic (exact) mass is 352 g/mol. The first-order valence-corrected chi connectivity index (χ1v) is 7.91. The highest BCUT2D eigenvalue weighted by atomic mass is 16.5. The fourth-order valence-electron chi connectivity index (χ4n) is 2.36. The summed E-state index contributed by atoms with van der Waals surface area (Å²) in [6.45, 7) is 1.91. The minimum Gasteiger partial charge on any atom is -0.497 e. The van der Waals surface area contributed by atoms with Crippen molar-refractivity contribution in [2.24, 2.45) is 0 Å². The zero-order chi connectivity index (χ0) is 18.5. The van der Waals surface area contributed by atoms with Gasteiger partial charge in [-0.15, -0.1) is 0 Å². The molecule has 0 amide bonds. The quantitative estimate of drug-likeness (QED) is 0.620. The van der Waals surface area contributed by atoms with Crippen molar-refractivity contribution in [3.8, 4) is 11.5 Å². The second kappa shape index (κ2) is 7.56. The van der Waals surface area contributed by atoms with Crippen LogP contribution in [0.4, 0.5) is 28.8 Å². The topological polar surface area (TPSA) is 107 Å². The van der Waals surface area contributed by atoms with E-state index in [0.717, 1.165) is 5.69 Å². The number of nitrogens with zero attached hydrogens (tertiary/aromatic N) is 3. The number of nitrogens with one attached hydrogen (secondary N) is 2. The van der Waals surface area contributed by atoms with Crippen LogP contribution in [0.1, 0.15) is 5.69 Å². The fourth-order valence-corrected chi connectivity index (χ4v) is 2.36. The molecular formula is C18H20N6O2. The van der Waals surface area contributed by atoms with Crippen molar-refractivity contribution in [1.29, 1.82) is 0 Å². The molecule has 2 aromatic heterocycles. The van der Waals surface area contributed by atoms with Gasteiger partial charge in [0.05, 0.1) is 19.9 Å². The van der Waals surface area contributed by atoms with Gasteiger partial charge in [-0.1, -0.05) is 6.07 Å². The van der Waals surface area contributed by atoms with E-state index in [1.54, 1.807) is 20.3 Å². The van der Waals surface area contributed by atoms with E-state index >= 15 is 0 Å². The molecule has 0 radical (unpaired) electrons. The maximum Gasteiger partial charge on any atom is 0.160 e. The number of aromatic nitrogens is 3. The second-order valence-corrected chi connectivity index (χ2v) is 5.46. The lowest BCUT2D eigenvalue weighted by Crippen LogP contribution is -2.06. The summed E-state index contributed by atoms with van der Waals surface area (Å²) in [7, 11) is 3.18. The van der Waals surface area contributed by atoms with E-state index in [1.165, 1.54) is 6.33 Å². The molecule has 0 fully saturated rings. The molecular weight excluding hydrogens is 332 g/mol. The summed E-state index contributed by atoms with van der Waals surface area (Å²) in [4.78, 5) is 12.8. The number of methoxy groups -OCH3 is 2. The Morgan fingerprint density at radius 1 is 0.962 bits per heavy atom. The number of nitrogen functional groups attached to an aromatic ring is 1. The highest BCUT2D eigenvalue weighted by Crippen LogP contribution is 2.34. The van der Waals surface area contributed by atoms with Gasteiger partial charge in [0.1, 0.15) is 29.3 Å². The summed E-state index contributed by atoms with van der Waals surface area (Å²) >= 11 is 0. The maximum atomic E-state index is 6.22. The maximum absolute atomic E-state index is 6.22. The molecule has 3 aromatic rings.